The molecule has 0 unspecified atom stereocenters. The highest BCUT2D eigenvalue weighted by Gasteiger charge is 2.26. The maximum absolute atomic E-state index is 12.3. The van der Waals surface area contributed by atoms with Gasteiger partial charge in [-0.25, -0.2) is 0 Å². The molecular formula is C16H21N2O+. The van der Waals surface area contributed by atoms with Crippen molar-refractivity contribution in [3.63, 3.8) is 0 Å². The average Bonchev–Trinajstić information content (AvgIpc) is 2.43. The van der Waals surface area contributed by atoms with Gasteiger partial charge in [-0.3, -0.25) is 4.79 Å². The van der Waals surface area contributed by atoms with Crippen LogP contribution in [0.15, 0.2) is 30.3 Å². The highest BCUT2D eigenvalue weighted by atomic mass is 16.1. The Labute approximate surface area is 114 Å². The van der Waals surface area contributed by atoms with Crippen LogP contribution < -0.4 is 4.90 Å². The van der Waals surface area contributed by atoms with Gasteiger partial charge in [0.25, 0.3) is 0 Å². The number of nitrogens with zero attached hydrogens (tertiary/aromatic N) is 1. The lowest BCUT2D eigenvalue weighted by molar-refractivity contribution is -0.898. The quantitative estimate of drug-likeness (QED) is 0.880. The van der Waals surface area contributed by atoms with E-state index in [0.717, 1.165) is 24.6 Å². The number of likely N-dealkylation sites (tertiary alicyclic amines) is 1. The Balaban J connectivity index is 1.97. The third kappa shape index (κ3) is 3.65. The summed E-state index contributed by atoms with van der Waals surface area (Å²) in [7, 11) is 0. The number of piperidine rings is 1. The Kier molecular flexibility index (Phi) is 4.70. The summed E-state index contributed by atoms with van der Waals surface area (Å²) in [5.74, 6) is 0.228. The van der Waals surface area contributed by atoms with Crippen molar-refractivity contribution < 1.29 is 9.69 Å². The van der Waals surface area contributed by atoms with Crippen molar-refractivity contribution in [3.8, 4) is 6.07 Å². The van der Waals surface area contributed by atoms with Gasteiger partial charge in [0.15, 0.2) is 0 Å². The van der Waals surface area contributed by atoms with E-state index in [2.05, 4.69) is 13.0 Å². The Morgan fingerprint density at radius 3 is 2.58 bits per heavy atom. The summed E-state index contributed by atoms with van der Waals surface area (Å²) in [6, 6.07) is 11.5. The number of hydrogen-bond donors (Lipinski definition) is 1. The predicted octanol–water partition coefficient (Wildman–Crippen LogP) is 1.18. The molecule has 100 valence electrons. The normalized spacial score (nSPS) is 24.4. The van der Waals surface area contributed by atoms with Gasteiger partial charge in [0.2, 0.25) is 5.78 Å². The molecule has 1 aromatic carbocycles. The highest BCUT2D eigenvalue weighted by Crippen LogP contribution is 2.15. The minimum absolute atomic E-state index is 0.0539. The Morgan fingerprint density at radius 1 is 1.37 bits per heavy atom. The van der Waals surface area contributed by atoms with Gasteiger partial charge in [0, 0.05) is 0 Å². The second-order valence-corrected chi connectivity index (χ2v) is 5.55. The third-order valence-corrected chi connectivity index (χ3v) is 3.99. The molecule has 0 spiro atoms. The summed E-state index contributed by atoms with van der Waals surface area (Å²) in [4.78, 5) is 13.6. The summed E-state index contributed by atoms with van der Waals surface area (Å²) in [6.07, 6.45) is 2.37. The number of benzene rings is 1. The molecule has 3 heteroatoms. The van der Waals surface area contributed by atoms with E-state index in [0.29, 0.717) is 6.54 Å². The molecule has 1 aliphatic heterocycles. The molecule has 1 aromatic rings. The van der Waals surface area contributed by atoms with E-state index < -0.39 is 5.92 Å². The molecule has 3 nitrogen and oxygen atoms in total. The van der Waals surface area contributed by atoms with Crippen molar-refractivity contribution >= 4 is 5.78 Å². The first kappa shape index (κ1) is 13.8. The first-order chi connectivity index (χ1) is 9.20. The fourth-order valence-corrected chi connectivity index (χ4v) is 2.67. The van der Waals surface area contributed by atoms with Gasteiger partial charge in [0.05, 0.1) is 19.2 Å². The van der Waals surface area contributed by atoms with E-state index >= 15 is 0 Å². The summed E-state index contributed by atoms with van der Waals surface area (Å²) < 4.78 is 0. The topological polar surface area (TPSA) is 45.3 Å². The first-order valence-corrected chi connectivity index (χ1v) is 7.01. The number of Topliss-reactive ketones (excluding diaryl/α,β-unsaturated/α-hetero) is 1. The Bertz CT molecular complexity index is 455. The van der Waals surface area contributed by atoms with Crippen LogP contribution in [0.2, 0.25) is 0 Å². The fourth-order valence-electron chi connectivity index (χ4n) is 2.67. The van der Waals surface area contributed by atoms with Gasteiger partial charge in [-0.2, -0.15) is 5.26 Å². The second-order valence-electron chi connectivity index (χ2n) is 5.55. The van der Waals surface area contributed by atoms with Gasteiger partial charge in [-0.05, 0) is 24.3 Å². The van der Waals surface area contributed by atoms with Crippen LogP contribution in [0.1, 0.15) is 31.2 Å². The van der Waals surface area contributed by atoms with Crippen molar-refractivity contribution in [1.29, 1.82) is 5.26 Å². The lowest BCUT2D eigenvalue weighted by Gasteiger charge is -2.27. The van der Waals surface area contributed by atoms with Crippen LogP contribution in [0, 0.1) is 17.2 Å². The molecule has 1 aliphatic rings. The van der Waals surface area contributed by atoms with Crippen LogP contribution in [0.4, 0.5) is 0 Å². The van der Waals surface area contributed by atoms with Crippen molar-refractivity contribution in [2.75, 3.05) is 19.6 Å². The van der Waals surface area contributed by atoms with Gasteiger partial charge >= 0.3 is 0 Å². The van der Waals surface area contributed by atoms with Crippen LogP contribution in [-0.2, 0) is 4.79 Å². The number of rotatable bonds is 4. The number of hydrogen-bond acceptors (Lipinski definition) is 2. The van der Waals surface area contributed by atoms with Gasteiger partial charge in [0.1, 0.15) is 12.5 Å². The zero-order valence-electron chi connectivity index (χ0n) is 11.4. The number of nitriles is 1. The molecule has 0 saturated carbocycles. The molecule has 1 atom stereocenters. The molecule has 1 saturated heterocycles. The Morgan fingerprint density at radius 2 is 2.00 bits per heavy atom. The summed E-state index contributed by atoms with van der Waals surface area (Å²) in [5.41, 5.74) is 0.819. The summed E-state index contributed by atoms with van der Waals surface area (Å²) in [6.45, 7) is 4.86. The van der Waals surface area contributed by atoms with E-state index in [-0.39, 0.29) is 5.78 Å². The first-order valence-electron chi connectivity index (χ1n) is 7.01. The van der Waals surface area contributed by atoms with Crippen LogP contribution >= 0.6 is 0 Å². The van der Waals surface area contributed by atoms with Gasteiger partial charge < -0.3 is 4.90 Å². The van der Waals surface area contributed by atoms with Crippen molar-refractivity contribution in [1.82, 2.24) is 0 Å². The van der Waals surface area contributed by atoms with E-state index in [9.17, 15) is 10.1 Å². The number of ketones is 1. The maximum Gasteiger partial charge on any atom is 0.208 e. The molecule has 0 amide bonds. The molecule has 2 rings (SSSR count). The van der Waals surface area contributed by atoms with E-state index in [1.54, 1.807) is 0 Å². The lowest BCUT2D eigenvalue weighted by atomic mass is 9.94. The largest absolute Gasteiger partial charge is 0.329 e. The minimum Gasteiger partial charge on any atom is -0.329 e. The zero-order chi connectivity index (χ0) is 13.7. The van der Waals surface area contributed by atoms with Gasteiger partial charge in [-0.15, -0.1) is 0 Å². The molecule has 0 bridgehead atoms. The zero-order valence-corrected chi connectivity index (χ0v) is 11.4. The number of carbonyl (C=O) groups is 1. The molecule has 1 fully saturated rings. The van der Waals surface area contributed by atoms with Gasteiger partial charge in [-0.1, -0.05) is 37.3 Å². The molecular weight excluding hydrogens is 236 g/mol. The highest BCUT2D eigenvalue weighted by molar-refractivity contribution is 5.89. The molecule has 19 heavy (non-hydrogen) atoms. The fraction of sp³-hybridized carbons (Fsp3) is 0.500. The standard InChI is InChI=1S/C16H20N2O/c1-13-7-9-18(10-8-13)12-16(19)15(11-17)14-5-3-2-4-6-14/h2-6,13,15H,7-10,12H2,1H3/p+1/t15-/m1/s1. The molecule has 1 N–H and O–H groups in total. The molecule has 1 heterocycles. The summed E-state index contributed by atoms with van der Waals surface area (Å²) >= 11 is 0. The van der Waals surface area contributed by atoms with E-state index in [1.807, 2.05) is 30.3 Å². The average molecular weight is 257 g/mol. The number of nitrogens with one attached hydrogen (secondary N) is 1. The SMILES string of the molecule is CC1CC[NH+](CC(=O)[C@H](C#N)c2ccccc2)CC1. The van der Waals surface area contributed by atoms with Crippen LogP contribution in [-0.4, -0.2) is 25.4 Å². The maximum atomic E-state index is 12.3. The molecule has 0 aliphatic carbocycles. The molecule has 0 aromatic heterocycles. The minimum atomic E-state index is -0.604. The third-order valence-electron chi connectivity index (χ3n) is 3.99. The Hall–Kier alpha value is -1.66. The van der Waals surface area contributed by atoms with E-state index in [4.69, 9.17) is 0 Å². The van der Waals surface area contributed by atoms with Crippen LogP contribution in [0.3, 0.4) is 0 Å². The number of quaternary nitrogens is 1. The van der Waals surface area contributed by atoms with Crippen LogP contribution in [0.5, 0.6) is 0 Å². The number of carbonyl (C=O) groups excluding carboxylic acids is 1. The molecule has 0 radical (unpaired) electrons. The smallest absolute Gasteiger partial charge is 0.208 e. The lowest BCUT2D eigenvalue weighted by Crippen LogP contribution is -3.14. The van der Waals surface area contributed by atoms with Crippen molar-refractivity contribution in [3.05, 3.63) is 35.9 Å². The van der Waals surface area contributed by atoms with E-state index in [1.165, 1.54) is 17.7 Å². The second kappa shape index (κ2) is 6.49. The van der Waals surface area contributed by atoms with Crippen molar-refractivity contribution in [2.24, 2.45) is 5.92 Å². The van der Waals surface area contributed by atoms with Crippen LogP contribution in [0.25, 0.3) is 0 Å². The summed E-state index contributed by atoms with van der Waals surface area (Å²) in [5, 5.41) is 9.24. The van der Waals surface area contributed by atoms with Crippen molar-refractivity contribution in [2.45, 2.75) is 25.7 Å². The monoisotopic (exact) mass is 257 g/mol. The predicted molar refractivity (Wildman–Crippen MR) is 73.8 cm³/mol.